The Morgan fingerprint density at radius 3 is 2.71 bits per heavy atom. The van der Waals surface area contributed by atoms with Crippen LogP contribution in [0.15, 0.2) is 46.9 Å². The van der Waals surface area contributed by atoms with Crippen molar-refractivity contribution in [3.05, 3.63) is 63.1 Å². The maximum Gasteiger partial charge on any atom is 0.120 e. The van der Waals surface area contributed by atoms with Crippen molar-refractivity contribution >= 4 is 27.5 Å². The summed E-state index contributed by atoms with van der Waals surface area (Å²) in [6.07, 6.45) is 0. The minimum Gasteiger partial charge on any atom is -0.489 e. The fraction of sp³-hybridized carbons (Fsp3) is 0.143. The number of hydrogen-bond acceptors (Lipinski definition) is 1. The summed E-state index contributed by atoms with van der Waals surface area (Å²) in [6, 6.07) is 13.8. The smallest absolute Gasteiger partial charge is 0.120 e. The van der Waals surface area contributed by atoms with Crippen LogP contribution in [0.1, 0.15) is 11.1 Å². The van der Waals surface area contributed by atoms with Crippen LogP contribution in [0.25, 0.3) is 0 Å². The lowest BCUT2D eigenvalue weighted by Crippen LogP contribution is -1.96. The maximum absolute atomic E-state index is 6.12. The summed E-state index contributed by atoms with van der Waals surface area (Å²) in [6.45, 7) is 2.52. The summed E-state index contributed by atoms with van der Waals surface area (Å²) in [7, 11) is 0. The molecule has 0 saturated heterocycles. The third kappa shape index (κ3) is 3.48. The molecule has 2 aromatic rings. The van der Waals surface area contributed by atoms with Gasteiger partial charge in [-0.2, -0.15) is 0 Å². The van der Waals surface area contributed by atoms with Crippen molar-refractivity contribution < 1.29 is 4.74 Å². The number of aryl methyl sites for hydroxylation is 1. The number of benzene rings is 2. The molecule has 1 nitrogen and oxygen atoms in total. The van der Waals surface area contributed by atoms with Gasteiger partial charge in [-0.05, 0) is 36.8 Å². The largest absolute Gasteiger partial charge is 0.489 e. The average molecular weight is 312 g/mol. The highest BCUT2D eigenvalue weighted by Gasteiger charge is 2.02. The third-order valence-corrected chi connectivity index (χ3v) is 3.24. The Kier molecular flexibility index (Phi) is 4.08. The van der Waals surface area contributed by atoms with Gasteiger partial charge >= 0.3 is 0 Å². The van der Waals surface area contributed by atoms with Gasteiger partial charge in [-0.25, -0.2) is 0 Å². The van der Waals surface area contributed by atoms with Crippen LogP contribution in [0.3, 0.4) is 0 Å². The summed E-state index contributed by atoms with van der Waals surface area (Å²) in [4.78, 5) is 0. The van der Waals surface area contributed by atoms with Crippen LogP contribution in [0.2, 0.25) is 5.02 Å². The first-order valence-corrected chi connectivity index (χ1v) is 6.45. The molecule has 0 atom stereocenters. The van der Waals surface area contributed by atoms with Crippen molar-refractivity contribution in [3.63, 3.8) is 0 Å². The lowest BCUT2D eigenvalue weighted by atomic mass is 10.2. The predicted octanol–water partition coefficient (Wildman–Crippen LogP) is 4.99. The molecule has 2 rings (SSSR count). The van der Waals surface area contributed by atoms with Crippen LogP contribution in [-0.2, 0) is 6.61 Å². The van der Waals surface area contributed by atoms with E-state index in [9.17, 15) is 0 Å². The molecule has 2 aromatic carbocycles. The normalized spacial score (nSPS) is 10.3. The molecule has 0 aliphatic rings. The Morgan fingerprint density at radius 1 is 1.18 bits per heavy atom. The number of hydrogen-bond donors (Lipinski definition) is 0. The van der Waals surface area contributed by atoms with E-state index in [0.717, 1.165) is 15.8 Å². The monoisotopic (exact) mass is 310 g/mol. The van der Waals surface area contributed by atoms with E-state index in [1.165, 1.54) is 5.56 Å². The molecule has 17 heavy (non-hydrogen) atoms. The van der Waals surface area contributed by atoms with Gasteiger partial charge in [0.25, 0.3) is 0 Å². The maximum atomic E-state index is 6.12. The topological polar surface area (TPSA) is 9.23 Å². The molecule has 88 valence electrons. The van der Waals surface area contributed by atoms with Crippen molar-refractivity contribution in [3.8, 4) is 5.75 Å². The highest BCUT2D eigenvalue weighted by atomic mass is 79.9. The van der Waals surface area contributed by atoms with Gasteiger partial charge in [0.2, 0.25) is 0 Å². The zero-order valence-corrected chi connectivity index (χ0v) is 11.8. The molecule has 0 aliphatic carbocycles. The van der Waals surface area contributed by atoms with Gasteiger partial charge in [0.15, 0.2) is 0 Å². The van der Waals surface area contributed by atoms with Crippen LogP contribution >= 0.6 is 27.5 Å². The second-order valence-electron chi connectivity index (χ2n) is 3.84. The van der Waals surface area contributed by atoms with E-state index in [1.54, 1.807) is 0 Å². The second-order valence-corrected chi connectivity index (χ2v) is 5.16. The van der Waals surface area contributed by atoms with Crippen molar-refractivity contribution in [1.29, 1.82) is 0 Å². The zero-order chi connectivity index (χ0) is 12.3. The third-order valence-electron chi connectivity index (χ3n) is 2.40. The standard InChI is InChI=1S/C14H12BrClO/c1-10-3-2-4-13(7-10)17-9-11-5-6-12(15)8-14(11)16/h2-8H,9H2,1H3. The number of rotatable bonds is 3. The first-order chi connectivity index (χ1) is 8.15. The van der Waals surface area contributed by atoms with Gasteiger partial charge in [-0.1, -0.05) is 45.7 Å². The first kappa shape index (κ1) is 12.5. The van der Waals surface area contributed by atoms with E-state index in [2.05, 4.69) is 15.9 Å². The molecule has 0 aromatic heterocycles. The van der Waals surface area contributed by atoms with E-state index in [-0.39, 0.29) is 0 Å². The molecule has 0 saturated carbocycles. The lowest BCUT2D eigenvalue weighted by Gasteiger charge is -2.08. The summed E-state index contributed by atoms with van der Waals surface area (Å²) < 4.78 is 6.67. The molecule has 0 heterocycles. The number of ether oxygens (including phenoxy) is 1. The Hall–Kier alpha value is -0.990. The molecule has 0 N–H and O–H groups in total. The van der Waals surface area contributed by atoms with Crippen LogP contribution < -0.4 is 4.74 Å². The van der Waals surface area contributed by atoms with Crippen molar-refractivity contribution in [1.82, 2.24) is 0 Å². The minimum atomic E-state index is 0.482. The summed E-state index contributed by atoms with van der Waals surface area (Å²) in [5.41, 5.74) is 2.17. The quantitative estimate of drug-likeness (QED) is 0.776. The van der Waals surface area contributed by atoms with Crippen LogP contribution in [-0.4, -0.2) is 0 Å². The minimum absolute atomic E-state index is 0.482. The molecule has 0 unspecified atom stereocenters. The molecule has 0 bridgehead atoms. The number of halogens is 2. The predicted molar refractivity (Wildman–Crippen MR) is 74.7 cm³/mol. The van der Waals surface area contributed by atoms with Gasteiger partial charge in [-0.3, -0.25) is 0 Å². The van der Waals surface area contributed by atoms with Crippen molar-refractivity contribution in [2.75, 3.05) is 0 Å². The van der Waals surface area contributed by atoms with E-state index in [1.807, 2.05) is 49.4 Å². The zero-order valence-electron chi connectivity index (χ0n) is 9.41. The van der Waals surface area contributed by atoms with E-state index < -0.39 is 0 Å². The molecule has 0 fully saturated rings. The van der Waals surface area contributed by atoms with Gasteiger partial charge in [0.05, 0.1) is 0 Å². The van der Waals surface area contributed by atoms with Crippen LogP contribution in [0, 0.1) is 6.92 Å². The molecule has 0 amide bonds. The van der Waals surface area contributed by atoms with Gasteiger partial charge < -0.3 is 4.74 Å². The molecule has 0 aliphatic heterocycles. The Morgan fingerprint density at radius 2 is 2.00 bits per heavy atom. The van der Waals surface area contributed by atoms with Gasteiger partial charge in [0.1, 0.15) is 12.4 Å². The summed E-state index contributed by atoms with van der Waals surface area (Å²) in [5.74, 6) is 0.865. The molecular weight excluding hydrogens is 300 g/mol. The van der Waals surface area contributed by atoms with Gasteiger partial charge in [0, 0.05) is 15.1 Å². The summed E-state index contributed by atoms with van der Waals surface area (Å²) >= 11 is 9.49. The van der Waals surface area contributed by atoms with E-state index in [4.69, 9.17) is 16.3 Å². The van der Waals surface area contributed by atoms with Crippen molar-refractivity contribution in [2.24, 2.45) is 0 Å². The SMILES string of the molecule is Cc1cccc(OCc2ccc(Br)cc2Cl)c1. The first-order valence-electron chi connectivity index (χ1n) is 5.28. The van der Waals surface area contributed by atoms with Gasteiger partial charge in [-0.15, -0.1) is 0 Å². The van der Waals surface area contributed by atoms with E-state index >= 15 is 0 Å². The van der Waals surface area contributed by atoms with Crippen molar-refractivity contribution in [2.45, 2.75) is 13.5 Å². The Labute approximate surface area is 115 Å². The highest BCUT2D eigenvalue weighted by molar-refractivity contribution is 9.10. The van der Waals surface area contributed by atoms with Crippen LogP contribution in [0.4, 0.5) is 0 Å². The molecule has 0 radical (unpaired) electrons. The average Bonchev–Trinajstić information content (AvgIpc) is 2.28. The fourth-order valence-corrected chi connectivity index (χ4v) is 2.23. The fourth-order valence-electron chi connectivity index (χ4n) is 1.50. The lowest BCUT2D eigenvalue weighted by molar-refractivity contribution is 0.306. The van der Waals surface area contributed by atoms with Crippen LogP contribution in [0.5, 0.6) is 5.75 Å². The summed E-state index contributed by atoms with van der Waals surface area (Å²) in [5, 5.41) is 0.715. The Bertz CT molecular complexity index is 525. The molecule has 0 spiro atoms. The van der Waals surface area contributed by atoms with E-state index in [0.29, 0.717) is 11.6 Å². The molecule has 3 heteroatoms. The second kappa shape index (κ2) is 5.56. The molecular formula is C14H12BrClO. The highest BCUT2D eigenvalue weighted by Crippen LogP contribution is 2.23. The Balaban J connectivity index is 2.07.